The van der Waals surface area contributed by atoms with Gasteiger partial charge in [-0.2, -0.15) is 0 Å². The van der Waals surface area contributed by atoms with Gasteiger partial charge in [-0.05, 0) is 49.9 Å². The van der Waals surface area contributed by atoms with E-state index in [-0.39, 0.29) is 6.10 Å². The molecule has 3 rings (SSSR count). The molecular formula is C16H30N2O. The zero-order chi connectivity index (χ0) is 13.2. The first kappa shape index (κ1) is 13.8. The molecule has 0 bridgehead atoms. The molecule has 2 saturated carbocycles. The second kappa shape index (κ2) is 6.11. The van der Waals surface area contributed by atoms with E-state index >= 15 is 0 Å². The van der Waals surface area contributed by atoms with E-state index in [1.165, 1.54) is 58.4 Å². The number of rotatable bonds is 4. The average molecular weight is 266 g/mol. The number of hydrogen-bond acceptors (Lipinski definition) is 3. The standard InChI is InChI=1S/C16H30N2O/c1-13-2-5-16(19)15(10-13)12-18-8-6-17(7-9-18)11-14-3-4-14/h13-16,19H,2-12H2,1H3. The van der Waals surface area contributed by atoms with Gasteiger partial charge in [0.1, 0.15) is 0 Å². The van der Waals surface area contributed by atoms with Crippen LogP contribution < -0.4 is 0 Å². The van der Waals surface area contributed by atoms with E-state index in [1.807, 2.05) is 0 Å². The fourth-order valence-electron chi connectivity index (χ4n) is 3.83. The summed E-state index contributed by atoms with van der Waals surface area (Å²) >= 11 is 0. The van der Waals surface area contributed by atoms with Crippen LogP contribution in [0, 0.1) is 17.8 Å². The highest BCUT2D eigenvalue weighted by atomic mass is 16.3. The van der Waals surface area contributed by atoms with Gasteiger partial charge < -0.3 is 14.9 Å². The van der Waals surface area contributed by atoms with Crippen molar-refractivity contribution in [1.82, 2.24) is 9.80 Å². The van der Waals surface area contributed by atoms with Crippen molar-refractivity contribution in [3.05, 3.63) is 0 Å². The first-order valence-electron chi connectivity index (χ1n) is 8.33. The Hall–Kier alpha value is -0.120. The van der Waals surface area contributed by atoms with Gasteiger partial charge in [0.25, 0.3) is 0 Å². The molecule has 2 aliphatic carbocycles. The first-order valence-corrected chi connectivity index (χ1v) is 8.33. The van der Waals surface area contributed by atoms with Gasteiger partial charge in [0.2, 0.25) is 0 Å². The lowest BCUT2D eigenvalue weighted by Crippen LogP contribution is -2.49. The van der Waals surface area contributed by atoms with Gasteiger partial charge in [0.15, 0.2) is 0 Å². The molecule has 1 heterocycles. The maximum atomic E-state index is 10.2. The van der Waals surface area contributed by atoms with Crippen LogP contribution >= 0.6 is 0 Å². The second-order valence-corrected chi connectivity index (χ2v) is 7.29. The molecule has 110 valence electrons. The summed E-state index contributed by atoms with van der Waals surface area (Å²) in [7, 11) is 0. The SMILES string of the molecule is CC1CCC(O)C(CN2CCN(CC3CC3)CC2)C1. The van der Waals surface area contributed by atoms with Gasteiger partial charge >= 0.3 is 0 Å². The molecule has 0 spiro atoms. The molecule has 1 saturated heterocycles. The summed E-state index contributed by atoms with van der Waals surface area (Å²) in [5, 5.41) is 10.2. The molecule has 3 nitrogen and oxygen atoms in total. The number of nitrogens with zero attached hydrogens (tertiary/aromatic N) is 2. The number of piperazine rings is 1. The fraction of sp³-hybridized carbons (Fsp3) is 1.00. The molecule has 0 aromatic carbocycles. The molecule has 0 radical (unpaired) electrons. The molecule has 3 atom stereocenters. The van der Waals surface area contributed by atoms with Gasteiger partial charge in [0.05, 0.1) is 6.10 Å². The zero-order valence-electron chi connectivity index (χ0n) is 12.4. The third kappa shape index (κ3) is 3.93. The second-order valence-electron chi connectivity index (χ2n) is 7.29. The fourth-order valence-corrected chi connectivity index (χ4v) is 3.83. The molecule has 0 aromatic heterocycles. The average Bonchev–Trinajstić information content (AvgIpc) is 3.20. The highest BCUT2D eigenvalue weighted by Gasteiger charge is 2.30. The third-order valence-corrected chi connectivity index (χ3v) is 5.38. The molecule has 0 amide bonds. The summed E-state index contributed by atoms with van der Waals surface area (Å²) in [6.07, 6.45) is 6.35. The summed E-state index contributed by atoms with van der Waals surface area (Å²) in [5.74, 6) is 2.36. The molecule has 0 aromatic rings. The Labute approximate surface area is 118 Å². The van der Waals surface area contributed by atoms with Gasteiger partial charge in [-0.3, -0.25) is 0 Å². The van der Waals surface area contributed by atoms with Crippen LogP contribution in [0.25, 0.3) is 0 Å². The number of aliphatic hydroxyl groups excluding tert-OH is 1. The van der Waals surface area contributed by atoms with Crippen molar-refractivity contribution in [1.29, 1.82) is 0 Å². The largest absolute Gasteiger partial charge is 0.393 e. The van der Waals surface area contributed by atoms with Crippen LogP contribution in [-0.4, -0.2) is 60.3 Å². The molecule has 1 N–H and O–H groups in total. The summed E-state index contributed by atoms with van der Waals surface area (Å²) in [5.41, 5.74) is 0. The maximum Gasteiger partial charge on any atom is 0.0580 e. The van der Waals surface area contributed by atoms with E-state index in [2.05, 4.69) is 16.7 Å². The van der Waals surface area contributed by atoms with E-state index in [4.69, 9.17) is 0 Å². The van der Waals surface area contributed by atoms with Crippen LogP contribution in [0.5, 0.6) is 0 Å². The van der Waals surface area contributed by atoms with Crippen molar-refractivity contribution in [3.63, 3.8) is 0 Å². The Balaban J connectivity index is 1.40. The predicted molar refractivity (Wildman–Crippen MR) is 78.1 cm³/mol. The maximum absolute atomic E-state index is 10.2. The molecule has 1 aliphatic heterocycles. The number of hydrogen-bond donors (Lipinski definition) is 1. The highest BCUT2D eigenvalue weighted by molar-refractivity contribution is 4.84. The van der Waals surface area contributed by atoms with Crippen LogP contribution in [-0.2, 0) is 0 Å². The van der Waals surface area contributed by atoms with E-state index in [1.54, 1.807) is 0 Å². The van der Waals surface area contributed by atoms with Crippen molar-refractivity contribution in [3.8, 4) is 0 Å². The van der Waals surface area contributed by atoms with Crippen LogP contribution in [0.3, 0.4) is 0 Å². The normalized spacial score (nSPS) is 38.5. The highest BCUT2D eigenvalue weighted by Crippen LogP contribution is 2.31. The van der Waals surface area contributed by atoms with Crippen LogP contribution in [0.4, 0.5) is 0 Å². The Morgan fingerprint density at radius 1 is 0.895 bits per heavy atom. The smallest absolute Gasteiger partial charge is 0.0580 e. The van der Waals surface area contributed by atoms with Crippen LogP contribution in [0.1, 0.15) is 39.0 Å². The monoisotopic (exact) mass is 266 g/mol. The Morgan fingerprint density at radius 2 is 1.53 bits per heavy atom. The molecular weight excluding hydrogens is 236 g/mol. The summed E-state index contributed by atoms with van der Waals surface area (Å²) in [4.78, 5) is 5.24. The summed E-state index contributed by atoms with van der Waals surface area (Å²) in [6.45, 7) is 9.73. The summed E-state index contributed by atoms with van der Waals surface area (Å²) in [6, 6.07) is 0. The third-order valence-electron chi connectivity index (χ3n) is 5.38. The van der Waals surface area contributed by atoms with E-state index in [0.717, 1.165) is 24.8 Å². The minimum Gasteiger partial charge on any atom is -0.393 e. The number of aliphatic hydroxyl groups is 1. The Kier molecular flexibility index (Phi) is 4.45. The minimum atomic E-state index is -0.0410. The molecule has 3 fully saturated rings. The lowest BCUT2D eigenvalue weighted by atomic mass is 9.80. The van der Waals surface area contributed by atoms with Gasteiger partial charge in [-0.15, -0.1) is 0 Å². The quantitative estimate of drug-likeness (QED) is 0.841. The van der Waals surface area contributed by atoms with Gasteiger partial charge in [-0.25, -0.2) is 0 Å². The van der Waals surface area contributed by atoms with Crippen molar-refractivity contribution in [2.45, 2.75) is 45.1 Å². The molecule has 3 unspecified atom stereocenters. The van der Waals surface area contributed by atoms with E-state index in [0.29, 0.717) is 5.92 Å². The van der Waals surface area contributed by atoms with Crippen LogP contribution in [0.15, 0.2) is 0 Å². The molecule has 3 aliphatic rings. The van der Waals surface area contributed by atoms with E-state index < -0.39 is 0 Å². The van der Waals surface area contributed by atoms with Gasteiger partial charge in [0, 0.05) is 39.3 Å². The Bertz CT molecular complexity index is 284. The lowest BCUT2D eigenvalue weighted by Gasteiger charge is -2.39. The van der Waals surface area contributed by atoms with Crippen molar-refractivity contribution in [2.75, 3.05) is 39.3 Å². The minimum absolute atomic E-state index is 0.0410. The van der Waals surface area contributed by atoms with E-state index in [9.17, 15) is 5.11 Å². The summed E-state index contributed by atoms with van der Waals surface area (Å²) < 4.78 is 0. The zero-order valence-corrected chi connectivity index (χ0v) is 12.4. The van der Waals surface area contributed by atoms with Crippen LogP contribution in [0.2, 0.25) is 0 Å². The molecule has 3 heteroatoms. The topological polar surface area (TPSA) is 26.7 Å². The molecule has 19 heavy (non-hydrogen) atoms. The first-order chi connectivity index (χ1) is 9.20. The van der Waals surface area contributed by atoms with Gasteiger partial charge in [-0.1, -0.05) is 6.92 Å². The Morgan fingerprint density at radius 3 is 2.16 bits per heavy atom. The van der Waals surface area contributed by atoms with Crippen molar-refractivity contribution >= 4 is 0 Å². The van der Waals surface area contributed by atoms with Crippen molar-refractivity contribution in [2.24, 2.45) is 17.8 Å². The predicted octanol–water partition coefficient (Wildman–Crippen LogP) is 1.81. The lowest BCUT2D eigenvalue weighted by molar-refractivity contribution is 0.0191. The van der Waals surface area contributed by atoms with Crippen molar-refractivity contribution < 1.29 is 5.11 Å².